The van der Waals surface area contributed by atoms with Crippen molar-refractivity contribution in [2.75, 3.05) is 11.9 Å². The molecule has 2 aromatic carbocycles. The van der Waals surface area contributed by atoms with Gasteiger partial charge >= 0.3 is 12.2 Å². The van der Waals surface area contributed by atoms with E-state index in [1.807, 2.05) is 0 Å². The highest BCUT2D eigenvalue weighted by Gasteiger charge is 2.59. The Bertz CT molecular complexity index is 1690. The molecular formula is C35H39FN4O7. The number of nitrogens with one attached hydrogen (secondary N) is 2. The highest BCUT2D eigenvalue weighted by molar-refractivity contribution is 6.07. The second kappa shape index (κ2) is 11.1. The Balaban J connectivity index is 1.04. The number of nitrogens with zero attached hydrogens (tertiary/aromatic N) is 2. The van der Waals surface area contributed by atoms with Gasteiger partial charge in [-0.3, -0.25) is 14.4 Å². The van der Waals surface area contributed by atoms with Crippen LogP contribution in [-0.4, -0.2) is 63.4 Å². The van der Waals surface area contributed by atoms with Gasteiger partial charge in [0.25, 0.3) is 5.91 Å². The smallest absolute Gasteiger partial charge is 0.418 e. The lowest BCUT2D eigenvalue weighted by Crippen LogP contribution is -2.48. The largest absolute Gasteiger partial charge is 0.444 e. The normalized spacial score (nSPS) is 24.3. The van der Waals surface area contributed by atoms with Crippen molar-refractivity contribution in [3.05, 3.63) is 64.5 Å². The summed E-state index contributed by atoms with van der Waals surface area (Å²) < 4.78 is 25.0. The molecule has 1 spiro atoms. The zero-order valence-electron chi connectivity index (χ0n) is 26.8. The number of alkyl carbamates (subject to hydrolysis) is 1. The minimum Gasteiger partial charge on any atom is -0.444 e. The highest BCUT2D eigenvalue weighted by Crippen LogP contribution is 2.47. The first-order valence-corrected chi connectivity index (χ1v) is 16.3. The van der Waals surface area contributed by atoms with Gasteiger partial charge in [0, 0.05) is 30.3 Å². The van der Waals surface area contributed by atoms with Gasteiger partial charge in [-0.05, 0) is 113 Å². The number of fused-ring (bicyclic) bond motifs is 3. The van der Waals surface area contributed by atoms with Crippen LogP contribution in [0.4, 0.5) is 19.7 Å². The molecule has 2 N–H and O–H groups in total. The van der Waals surface area contributed by atoms with E-state index in [1.54, 1.807) is 49.9 Å². The van der Waals surface area contributed by atoms with Gasteiger partial charge < -0.3 is 25.0 Å². The monoisotopic (exact) mass is 646 g/mol. The van der Waals surface area contributed by atoms with Crippen LogP contribution in [0.3, 0.4) is 0 Å². The fraction of sp³-hybridized carbons (Fsp3) is 0.514. The molecule has 11 nitrogen and oxygen atoms in total. The van der Waals surface area contributed by atoms with E-state index in [-0.39, 0.29) is 30.1 Å². The number of aryl methyl sites for hydroxylation is 2. The minimum atomic E-state index is -1.54. The minimum absolute atomic E-state index is 0.0457. The van der Waals surface area contributed by atoms with Crippen LogP contribution in [-0.2, 0) is 48.8 Å². The fourth-order valence-corrected chi connectivity index (χ4v) is 7.23. The van der Waals surface area contributed by atoms with E-state index in [2.05, 4.69) is 10.6 Å². The summed E-state index contributed by atoms with van der Waals surface area (Å²) in [6.07, 6.45) is 3.44. The summed E-state index contributed by atoms with van der Waals surface area (Å²) in [6, 6.07) is 9.64. The lowest BCUT2D eigenvalue weighted by atomic mass is 9.94. The van der Waals surface area contributed by atoms with E-state index >= 15 is 0 Å². The molecule has 5 aliphatic rings. The van der Waals surface area contributed by atoms with Gasteiger partial charge in [0.05, 0.1) is 0 Å². The molecule has 2 saturated carbocycles. The van der Waals surface area contributed by atoms with E-state index in [0.29, 0.717) is 55.8 Å². The van der Waals surface area contributed by atoms with Crippen LogP contribution < -0.4 is 10.6 Å². The lowest BCUT2D eigenvalue weighted by molar-refractivity contribution is -0.143. The van der Waals surface area contributed by atoms with Gasteiger partial charge in [-0.25, -0.2) is 18.9 Å². The number of rotatable bonds is 6. The van der Waals surface area contributed by atoms with E-state index in [9.17, 15) is 28.4 Å². The van der Waals surface area contributed by atoms with Crippen LogP contribution in [0.1, 0.15) is 81.5 Å². The molecule has 3 fully saturated rings. The first kappa shape index (κ1) is 31.1. The van der Waals surface area contributed by atoms with Gasteiger partial charge in [0.1, 0.15) is 23.5 Å². The molecule has 3 aliphatic carbocycles. The Morgan fingerprint density at radius 2 is 1.74 bits per heavy atom. The number of benzene rings is 2. The number of imide groups is 1. The van der Waals surface area contributed by atoms with E-state index < -0.39 is 41.4 Å². The number of ether oxygens (including phenoxy) is 2. The molecule has 1 saturated heterocycles. The zero-order valence-corrected chi connectivity index (χ0v) is 26.8. The summed E-state index contributed by atoms with van der Waals surface area (Å²) >= 11 is 0. The lowest BCUT2D eigenvalue weighted by Gasteiger charge is -2.31. The molecule has 0 aromatic heterocycles. The Morgan fingerprint density at radius 3 is 2.45 bits per heavy atom. The van der Waals surface area contributed by atoms with E-state index in [0.717, 1.165) is 34.4 Å². The molecule has 5 amide bonds. The molecular weight excluding hydrogens is 607 g/mol. The maximum atomic E-state index is 14.0. The van der Waals surface area contributed by atoms with Crippen molar-refractivity contribution in [1.82, 2.24) is 15.1 Å². The molecule has 7 rings (SSSR count). The average Bonchev–Trinajstić information content (AvgIpc) is 3.92. The molecule has 0 bridgehead atoms. The number of carbonyl (C=O) groups excluding carboxylic acids is 5. The molecule has 47 heavy (non-hydrogen) atoms. The van der Waals surface area contributed by atoms with Crippen molar-refractivity contribution in [3.8, 4) is 0 Å². The average molecular weight is 647 g/mol. The van der Waals surface area contributed by atoms with Crippen molar-refractivity contribution in [2.45, 2.75) is 101 Å². The summed E-state index contributed by atoms with van der Waals surface area (Å²) in [6.45, 7) is 5.10. The van der Waals surface area contributed by atoms with Crippen LogP contribution in [0.5, 0.6) is 0 Å². The first-order valence-electron chi connectivity index (χ1n) is 16.3. The Kier molecular flexibility index (Phi) is 7.32. The van der Waals surface area contributed by atoms with Gasteiger partial charge in [-0.15, -0.1) is 0 Å². The van der Waals surface area contributed by atoms with Crippen molar-refractivity contribution in [3.63, 3.8) is 0 Å². The maximum absolute atomic E-state index is 14.0. The predicted molar refractivity (Wildman–Crippen MR) is 166 cm³/mol. The standard InChI is InChI=1S/C35H39FN4O7/c1-33(2,3)46-31(44)38-34(14-15-34)29(42)37-25-9-10-26-22(17-25)12-13-35(26)30(43)40(32(45)47-35)19-28(41)39-18-23-6-8-24(36)16-21(23)7-11-27(39)20-4-5-20/h6,8-10,16-17,20,27H,4-5,7,11-15,18-19H2,1-3H3,(H,37,42)(H,38,44)/t27-,35-/m1/s1. The predicted octanol–water partition coefficient (Wildman–Crippen LogP) is 4.70. The van der Waals surface area contributed by atoms with Gasteiger partial charge in [0.15, 0.2) is 0 Å². The zero-order chi connectivity index (χ0) is 33.3. The molecule has 2 aromatic rings. The van der Waals surface area contributed by atoms with Crippen LogP contribution in [0.2, 0.25) is 0 Å². The Labute approximate surface area is 272 Å². The number of amides is 5. The SMILES string of the molecule is CC(C)(C)OC(=O)NC1(C(=O)Nc2ccc3c(c2)CC[C@@]32OC(=O)N(CC(=O)N3Cc4ccc(F)cc4CC[C@@H]3C3CC3)C2=O)CC1. The summed E-state index contributed by atoms with van der Waals surface area (Å²) in [4.78, 5) is 69.0. The van der Waals surface area contributed by atoms with E-state index in [1.165, 1.54) is 12.1 Å². The third-order valence-electron chi connectivity index (χ3n) is 9.94. The van der Waals surface area contributed by atoms with Crippen molar-refractivity contribution in [2.24, 2.45) is 5.92 Å². The third kappa shape index (κ3) is 5.82. The first-order chi connectivity index (χ1) is 22.3. The van der Waals surface area contributed by atoms with Crippen molar-refractivity contribution < 1.29 is 37.8 Å². The van der Waals surface area contributed by atoms with Gasteiger partial charge in [0.2, 0.25) is 17.4 Å². The second-order valence-electron chi connectivity index (χ2n) is 14.5. The molecule has 2 atom stereocenters. The molecule has 2 heterocycles. The van der Waals surface area contributed by atoms with E-state index in [4.69, 9.17) is 9.47 Å². The molecule has 0 radical (unpaired) electrons. The highest BCUT2D eigenvalue weighted by atomic mass is 19.1. The van der Waals surface area contributed by atoms with Gasteiger partial charge in [-0.2, -0.15) is 0 Å². The molecule has 0 unspecified atom stereocenters. The number of hydrogen-bond donors (Lipinski definition) is 2. The number of halogens is 1. The fourth-order valence-electron chi connectivity index (χ4n) is 7.23. The van der Waals surface area contributed by atoms with Crippen LogP contribution >= 0.6 is 0 Å². The number of carbonyl (C=O) groups is 5. The number of anilines is 1. The second-order valence-corrected chi connectivity index (χ2v) is 14.5. The van der Waals surface area contributed by atoms with Crippen LogP contribution in [0.25, 0.3) is 0 Å². The molecule has 2 aliphatic heterocycles. The third-order valence-corrected chi connectivity index (χ3v) is 9.94. The summed E-state index contributed by atoms with van der Waals surface area (Å²) in [7, 11) is 0. The maximum Gasteiger partial charge on any atom is 0.418 e. The Morgan fingerprint density at radius 1 is 0.979 bits per heavy atom. The van der Waals surface area contributed by atoms with Crippen LogP contribution in [0, 0.1) is 11.7 Å². The molecule has 12 heteroatoms. The van der Waals surface area contributed by atoms with Crippen molar-refractivity contribution >= 4 is 35.6 Å². The summed E-state index contributed by atoms with van der Waals surface area (Å²) in [5.74, 6) is -1.24. The molecule has 248 valence electrons. The number of hydrogen-bond acceptors (Lipinski definition) is 7. The van der Waals surface area contributed by atoms with Crippen molar-refractivity contribution in [1.29, 1.82) is 0 Å². The Hall–Kier alpha value is -4.48. The van der Waals surface area contributed by atoms with Crippen LogP contribution in [0.15, 0.2) is 36.4 Å². The van der Waals surface area contributed by atoms with Gasteiger partial charge in [-0.1, -0.05) is 12.1 Å². The summed E-state index contributed by atoms with van der Waals surface area (Å²) in [5.41, 5.74) is 0.226. The summed E-state index contributed by atoms with van der Waals surface area (Å²) in [5, 5.41) is 5.55. The quantitative estimate of drug-likeness (QED) is 0.465. The topological polar surface area (TPSA) is 134 Å².